The van der Waals surface area contributed by atoms with E-state index in [1.165, 1.54) is 136 Å². The SMILES string of the molecule is C.C.C.C1=Cc2ccc3c(c2CC1)C1(c2ccccc2-3)c2ccccc2C2[C@@H]1[C@H]1Cc3ccccc3[C@@H]21.CC.CC.CC.CC.CC.CC.CCC.CCC.CCC.CCC.CCC.CCC.c1ccc2c(c1)C[C@@H]1[C@H]3C(c4ccccc4C34c3ccccc3-c3c4ccc4ccccc34)[C@H]21.c1ccc2c(c1)C[C@@H]1[C@H]3C(c4ccccc4C34c3ccccc3-c3cc5ccccc5cc34)[C@H]21. The van der Waals surface area contributed by atoms with Crippen molar-refractivity contribution in [1.29, 1.82) is 0 Å². The fourth-order valence-corrected chi connectivity index (χ4v) is 26.7. The monoisotopic (exact) mass is 1790 g/mol. The summed E-state index contributed by atoms with van der Waals surface area (Å²) >= 11 is 0. The lowest BCUT2D eigenvalue weighted by molar-refractivity contribution is 0.0817. The zero-order valence-corrected chi connectivity index (χ0v) is 85.2. The van der Waals surface area contributed by atoms with Crippen LogP contribution in [-0.4, -0.2) is 0 Å². The Labute approximate surface area is 822 Å². The number of benzene rings is 14. The van der Waals surface area contributed by atoms with Gasteiger partial charge < -0.3 is 0 Å². The van der Waals surface area contributed by atoms with Crippen molar-refractivity contribution >= 4 is 27.6 Å². The van der Waals surface area contributed by atoms with Crippen LogP contribution in [0.4, 0.5) is 0 Å². The Kier molecular flexibility index (Phi) is 37.7. The van der Waals surface area contributed by atoms with Gasteiger partial charge in [-0.1, -0.05) is 530 Å². The van der Waals surface area contributed by atoms with Gasteiger partial charge in [0, 0.05) is 0 Å². The summed E-state index contributed by atoms with van der Waals surface area (Å²) in [6.07, 6.45) is 18.3. The topological polar surface area (TPSA) is 0 Å². The Morgan fingerprint density at radius 3 is 0.985 bits per heavy atom. The highest BCUT2D eigenvalue weighted by Gasteiger charge is 2.73. The number of hydrogen-bond donors (Lipinski definition) is 0. The molecule has 135 heavy (non-hydrogen) atoms. The van der Waals surface area contributed by atoms with Gasteiger partial charge in [-0.05, 0) is 281 Å². The highest BCUT2D eigenvalue weighted by atomic mass is 14.8. The summed E-state index contributed by atoms with van der Waals surface area (Å²) in [5.41, 5.74) is 40.3. The highest BCUT2D eigenvalue weighted by molar-refractivity contribution is 6.04. The van der Waals surface area contributed by atoms with Gasteiger partial charge in [0.2, 0.25) is 0 Å². The summed E-state index contributed by atoms with van der Waals surface area (Å²) in [7, 11) is 0. The van der Waals surface area contributed by atoms with E-state index in [1.54, 1.807) is 94.6 Å². The lowest BCUT2D eigenvalue weighted by Gasteiger charge is -2.53. The van der Waals surface area contributed by atoms with E-state index in [1.807, 2.05) is 83.1 Å². The van der Waals surface area contributed by atoms with Gasteiger partial charge >= 0.3 is 0 Å². The fraction of sp³-hybridized carbons (Fsp3) is 0.393. The highest BCUT2D eigenvalue weighted by Crippen LogP contribution is 2.81. The number of rotatable bonds is 0. The molecule has 13 aliphatic carbocycles. The van der Waals surface area contributed by atoms with Gasteiger partial charge in [0.15, 0.2) is 0 Å². The Morgan fingerprint density at radius 2 is 0.556 bits per heavy atom. The van der Waals surface area contributed by atoms with Crippen LogP contribution in [0, 0.1) is 35.5 Å². The van der Waals surface area contributed by atoms with Crippen LogP contribution in [0.5, 0.6) is 0 Å². The first kappa shape index (κ1) is 106. The third kappa shape index (κ3) is 16.9. The molecule has 0 nitrogen and oxygen atoms in total. The largest absolute Gasteiger partial charge is 0.0836 e. The van der Waals surface area contributed by atoms with Crippen LogP contribution in [0.25, 0.3) is 61.0 Å². The molecule has 27 rings (SSSR count). The standard InChI is InChI=1S/C34H26.2C34H24.6C3H8.6C2H6.3CH4/c1-4-12-23-20(9-1)17-18-25-24-13-5-7-15-28(24)34(32(23)25)29-16-8-6-14-26(29)31-30-22-11-3-2-10-21(22)19-27(30)33(31)34;1-3-11-22-20(9-1)17-18-29-30(22)24-13-5-7-15-27(24)34(29)28-16-8-6-14-25(28)32-31-23-12-4-2-10-21(23)19-26(31)33(32)34;1-2-10-21-19-30-26(17-20(21)9-1)24-13-5-7-15-28(24)34(30)29-16-8-6-14-25(29)32-31-23-12-4-3-11-22(23)18-27(31)33(32)34;6*1-3-2;6*1-2;;;/h1-3,5-11,13-18,27,30-31,33H,4,12,19H2;1-18,26,31-33H,19H2;1-17,19,27,31-33H,18H2;6*3H2,1-2H3;6*1-2H3;3*1H4/t27-,30+,31?,33-,34?;26-,31+,32?,33-,34?;27-,31+,32?,33-,34?;;;;;;;;;;;;;;;/m000.............../s1. The van der Waals surface area contributed by atoms with Gasteiger partial charge in [0.25, 0.3) is 0 Å². The Bertz CT molecular complexity index is 6070. The minimum Gasteiger partial charge on any atom is -0.0836 e. The van der Waals surface area contributed by atoms with Crippen LogP contribution < -0.4 is 0 Å². The van der Waals surface area contributed by atoms with E-state index < -0.39 is 0 Å². The first-order chi connectivity index (χ1) is 65.1. The predicted octanol–water partition coefficient (Wildman–Crippen LogP) is 39.9. The molecule has 14 aromatic rings. The van der Waals surface area contributed by atoms with Crippen LogP contribution in [0.3, 0.4) is 0 Å². The molecule has 0 heteroatoms. The molecule has 0 heterocycles. The van der Waals surface area contributed by atoms with E-state index in [0.29, 0.717) is 65.1 Å². The number of allylic oxidation sites excluding steroid dienone is 1. The van der Waals surface area contributed by atoms with Gasteiger partial charge in [-0.15, -0.1) is 0 Å². The zero-order chi connectivity index (χ0) is 94.3. The van der Waals surface area contributed by atoms with E-state index in [-0.39, 0.29) is 38.5 Å². The molecule has 0 saturated heterocycles. The smallest absolute Gasteiger partial charge is 0.0506 e. The molecule has 710 valence electrons. The van der Waals surface area contributed by atoms with Crippen LogP contribution >= 0.6 is 0 Å². The van der Waals surface area contributed by atoms with Crippen LogP contribution in [0.1, 0.15) is 380 Å². The van der Waals surface area contributed by atoms with Crippen LogP contribution in [-0.2, 0) is 41.9 Å². The molecule has 0 aliphatic heterocycles. The Morgan fingerprint density at radius 1 is 0.244 bits per heavy atom. The van der Waals surface area contributed by atoms with Crippen LogP contribution in [0.15, 0.2) is 309 Å². The summed E-state index contributed by atoms with van der Waals surface area (Å²) < 4.78 is 0. The minimum atomic E-state index is -0.0412. The van der Waals surface area contributed by atoms with Crippen molar-refractivity contribution in [3.8, 4) is 33.4 Å². The van der Waals surface area contributed by atoms with E-state index in [2.05, 4.69) is 399 Å². The molecule has 0 bridgehead atoms. The molecule has 15 atom stereocenters. The van der Waals surface area contributed by atoms with E-state index >= 15 is 0 Å². The second-order valence-electron chi connectivity index (χ2n) is 36.9. The second kappa shape index (κ2) is 47.9. The molecular formula is C135H170. The van der Waals surface area contributed by atoms with Crippen molar-refractivity contribution in [1.82, 2.24) is 0 Å². The number of hydrogen-bond acceptors (Lipinski definition) is 0. The van der Waals surface area contributed by atoms with E-state index in [4.69, 9.17) is 0 Å². The van der Waals surface area contributed by atoms with Crippen molar-refractivity contribution < 1.29 is 0 Å². The van der Waals surface area contributed by atoms with Gasteiger partial charge in [-0.2, -0.15) is 0 Å². The Hall–Kier alpha value is -10.7. The average Bonchev–Trinajstić information content (AvgIpc) is 1.48. The molecule has 0 radical (unpaired) electrons. The predicted molar refractivity (Wildman–Crippen MR) is 599 cm³/mol. The van der Waals surface area contributed by atoms with Crippen molar-refractivity contribution in [2.75, 3.05) is 0 Å². The lowest BCUT2D eigenvalue weighted by atomic mass is 9.49. The summed E-state index contributed by atoms with van der Waals surface area (Å²) in [4.78, 5) is 0. The molecular weight excluding hydrogens is 1620 g/mol. The third-order valence-corrected chi connectivity index (χ3v) is 29.6. The molecule has 0 N–H and O–H groups in total. The Balaban J connectivity index is 0.000000181. The van der Waals surface area contributed by atoms with E-state index in [0.717, 1.165) is 12.3 Å². The first-order valence-electron chi connectivity index (χ1n) is 52.8. The van der Waals surface area contributed by atoms with Crippen LogP contribution in [0.2, 0.25) is 0 Å². The van der Waals surface area contributed by atoms with Gasteiger partial charge in [0.1, 0.15) is 0 Å². The van der Waals surface area contributed by atoms with Crippen molar-refractivity contribution in [2.24, 2.45) is 35.5 Å². The fourth-order valence-electron chi connectivity index (χ4n) is 26.7. The normalized spacial score (nSPS) is 23.0. The maximum absolute atomic E-state index is 2.54. The van der Waals surface area contributed by atoms with Gasteiger partial charge in [0.05, 0.1) is 16.2 Å². The average molecular weight is 1790 g/mol. The molecule has 3 saturated carbocycles. The summed E-state index contributed by atoms with van der Waals surface area (Å²) in [6.45, 7) is 49.5. The molecule has 0 amide bonds. The van der Waals surface area contributed by atoms with Gasteiger partial charge in [-0.3, -0.25) is 0 Å². The van der Waals surface area contributed by atoms with Crippen molar-refractivity contribution in [3.05, 3.63) is 421 Å². The summed E-state index contributed by atoms with van der Waals surface area (Å²) in [5.74, 6) is 7.86. The molecule has 3 spiro atoms. The summed E-state index contributed by atoms with van der Waals surface area (Å²) in [6, 6.07) is 117. The van der Waals surface area contributed by atoms with Crippen molar-refractivity contribution in [2.45, 2.75) is 311 Å². The summed E-state index contributed by atoms with van der Waals surface area (Å²) in [5, 5.41) is 5.45. The second-order valence-corrected chi connectivity index (χ2v) is 36.9. The quantitative estimate of drug-likeness (QED) is 0.142. The molecule has 0 aromatic heterocycles. The molecule has 3 fully saturated rings. The molecule has 6 unspecified atom stereocenters. The maximum Gasteiger partial charge on any atom is 0.0506 e. The van der Waals surface area contributed by atoms with Gasteiger partial charge in [-0.25, -0.2) is 0 Å². The first-order valence-corrected chi connectivity index (χ1v) is 52.8. The van der Waals surface area contributed by atoms with Crippen molar-refractivity contribution in [3.63, 3.8) is 0 Å². The van der Waals surface area contributed by atoms with E-state index in [9.17, 15) is 0 Å². The molecule has 13 aliphatic rings. The zero-order valence-electron chi connectivity index (χ0n) is 85.2. The molecule has 14 aromatic carbocycles. The minimum absolute atomic E-state index is 0. The number of fused-ring (bicyclic) bond motifs is 50. The maximum atomic E-state index is 2.54. The third-order valence-electron chi connectivity index (χ3n) is 29.6. The lowest BCUT2D eigenvalue weighted by Crippen LogP contribution is -2.49.